The number of pyridine rings is 1. The molecule has 4 rings (SSSR count). The minimum Gasteiger partial charge on any atom is -0.372 e. The highest BCUT2D eigenvalue weighted by Gasteiger charge is 2.23. The Hall–Kier alpha value is -3.18. The third-order valence-electron chi connectivity index (χ3n) is 5.26. The van der Waals surface area contributed by atoms with Crippen LogP contribution in [0.3, 0.4) is 0 Å². The van der Waals surface area contributed by atoms with Gasteiger partial charge in [0.25, 0.3) is 5.91 Å². The number of amides is 1. The molecule has 2 unspecified atom stereocenters. The maximum atomic E-state index is 12.8. The molecule has 0 radical (unpaired) electrons. The van der Waals surface area contributed by atoms with Gasteiger partial charge in [-0.1, -0.05) is 42.0 Å². The van der Waals surface area contributed by atoms with Crippen molar-refractivity contribution in [3.8, 4) is 11.1 Å². The number of carbonyl (C=O) groups is 1. The summed E-state index contributed by atoms with van der Waals surface area (Å²) < 4.78 is 5.78. The van der Waals surface area contributed by atoms with Gasteiger partial charge in [0.2, 0.25) is 0 Å². The Morgan fingerprint density at radius 3 is 2.40 bits per heavy atom. The van der Waals surface area contributed by atoms with E-state index in [1.165, 1.54) is 5.56 Å². The van der Waals surface area contributed by atoms with Gasteiger partial charge in [-0.15, -0.1) is 0 Å². The Balaban J connectivity index is 1.45. The molecule has 1 aromatic heterocycles. The van der Waals surface area contributed by atoms with E-state index >= 15 is 0 Å². The average Bonchev–Trinajstić information content (AvgIpc) is 2.74. The van der Waals surface area contributed by atoms with Gasteiger partial charge in [0.1, 0.15) is 5.82 Å². The van der Waals surface area contributed by atoms with E-state index in [1.807, 2.05) is 36.4 Å². The van der Waals surface area contributed by atoms with Gasteiger partial charge in [-0.2, -0.15) is 0 Å². The Kier molecular flexibility index (Phi) is 5.81. The van der Waals surface area contributed by atoms with Gasteiger partial charge >= 0.3 is 0 Å². The third kappa shape index (κ3) is 4.69. The lowest BCUT2D eigenvalue weighted by Crippen LogP contribution is -2.45. The SMILES string of the molecule is Cc1ccc(-c2cccc(C(=O)Nc3ccc(N4CC(C)OC(C)C4)nc3)c2)cc1. The largest absolute Gasteiger partial charge is 0.372 e. The van der Waals surface area contributed by atoms with E-state index in [9.17, 15) is 4.79 Å². The average molecular weight is 402 g/mol. The van der Waals surface area contributed by atoms with Crippen LogP contribution in [-0.2, 0) is 4.74 Å². The zero-order chi connectivity index (χ0) is 21.1. The molecule has 1 aliphatic heterocycles. The summed E-state index contributed by atoms with van der Waals surface area (Å²) in [6, 6.07) is 19.8. The molecule has 5 heteroatoms. The molecule has 1 aliphatic rings. The van der Waals surface area contributed by atoms with Crippen LogP contribution in [0.25, 0.3) is 11.1 Å². The zero-order valence-electron chi connectivity index (χ0n) is 17.6. The summed E-state index contributed by atoms with van der Waals surface area (Å²) >= 11 is 0. The first-order valence-corrected chi connectivity index (χ1v) is 10.3. The van der Waals surface area contributed by atoms with Gasteiger partial charge < -0.3 is 15.0 Å². The van der Waals surface area contributed by atoms with E-state index in [1.54, 1.807) is 6.20 Å². The van der Waals surface area contributed by atoms with E-state index in [-0.39, 0.29) is 18.1 Å². The van der Waals surface area contributed by atoms with Crippen molar-refractivity contribution in [1.29, 1.82) is 0 Å². The van der Waals surface area contributed by atoms with Gasteiger partial charge in [0, 0.05) is 18.7 Å². The number of benzene rings is 2. The van der Waals surface area contributed by atoms with Gasteiger partial charge in [0.05, 0.1) is 24.1 Å². The quantitative estimate of drug-likeness (QED) is 0.674. The highest BCUT2D eigenvalue weighted by molar-refractivity contribution is 6.04. The van der Waals surface area contributed by atoms with Gasteiger partial charge in [-0.3, -0.25) is 4.79 Å². The fraction of sp³-hybridized carbons (Fsp3) is 0.280. The van der Waals surface area contributed by atoms with Crippen molar-refractivity contribution in [2.24, 2.45) is 0 Å². The lowest BCUT2D eigenvalue weighted by molar-refractivity contribution is -0.00545. The molecule has 1 fully saturated rings. The van der Waals surface area contributed by atoms with Crippen molar-refractivity contribution in [3.63, 3.8) is 0 Å². The summed E-state index contributed by atoms with van der Waals surface area (Å²) in [4.78, 5) is 19.5. The number of anilines is 2. The standard InChI is InChI=1S/C25H27N3O2/c1-17-7-9-20(10-8-17)21-5-4-6-22(13-21)25(29)27-23-11-12-24(26-14-23)28-15-18(2)30-19(3)16-28/h4-14,18-19H,15-16H2,1-3H3,(H,27,29). The maximum Gasteiger partial charge on any atom is 0.255 e. The second kappa shape index (κ2) is 8.67. The fourth-order valence-corrected chi connectivity index (χ4v) is 3.80. The molecule has 0 bridgehead atoms. The number of rotatable bonds is 4. The number of carbonyl (C=O) groups excluding carboxylic acids is 1. The molecule has 3 aromatic rings. The van der Waals surface area contributed by atoms with Gasteiger partial charge in [0.15, 0.2) is 0 Å². The van der Waals surface area contributed by atoms with Crippen LogP contribution in [0.15, 0.2) is 66.9 Å². The van der Waals surface area contributed by atoms with Gasteiger partial charge in [-0.05, 0) is 56.2 Å². The smallest absolute Gasteiger partial charge is 0.255 e. The van der Waals surface area contributed by atoms with Crippen LogP contribution in [-0.4, -0.2) is 36.2 Å². The number of aryl methyl sites for hydroxylation is 1. The molecule has 0 spiro atoms. The highest BCUT2D eigenvalue weighted by Crippen LogP contribution is 2.23. The van der Waals surface area contributed by atoms with Crippen molar-refractivity contribution < 1.29 is 9.53 Å². The minimum absolute atomic E-state index is 0.146. The van der Waals surface area contributed by atoms with E-state index in [0.29, 0.717) is 11.3 Å². The van der Waals surface area contributed by atoms with Crippen molar-refractivity contribution in [1.82, 2.24) is 4.98 Å². The number of hydrogen-bond donors (Lipinski definition) is 1. The molecule has 5 nitrogen and oxygen atoms in total. The molecular weight excluding hydrogens is 374 g/mol. The fourth-order valence-electron chi connectivity index (χ4n) is 3.80. The zero-order valence-corrected chi connectivity index (χ0v) is 17.6. The predicted molar refractivity (Wildman–Crippen MR) is 121 cm³/mol. The van der Waals surface area contributed by atoms with Crippen LogP contribution in [0.5, 0.6) is 0 Å². The summed E-state index contributed by atoms with van der Waals surface area (Å²) in [6.07, 6.45) is 2.06. The Labute approximate surface area is 177 Å². The number of aromatic nitrogens is 1. The third-order valence-corrected chi connectivity index (χ3v) is 5.26. The Bertz CT molecular complexity index is 1010. The van der Waals surface area contributed by atoms with Crippen LogP contribution < -0.4 is 10.2 Å². The normalized spacial score (nSPS) is 18.8. The predicted octanol–water partition coefficient (Wildman–Crippen LogP) is 4.92. The molecule has 30 heavy (non-hydrogen) atoms. The van der Waals surface area contributed by atoms with E-state index < -0.39 is 0 Å². The maximum absolute atomic E-state index is 12.8. The second-order valence-corrected chi connectivity index (χ2v) is 7.97. The molecule has 2 heterocycles. The number of nitrogens with one attached hydrogen (secondary N) is 1. The molecule has 1 amide bonds. The molecule has 2 atom stereocenters. The monoisotopic (exact) mass is 401 g/mol. The van der Waals surface area contributed by atoms with Crippen molar-refractivity contribution in [2.45, 2.75) is 33.0 Å². The topological polar surface area (TPSA) is 54.5 Å². The summed E-state index contributed by atoms with van der Waals surface area (Å²) in [6.45, 7) is 7.83. The van der Waals surface area contributed by atoms with Crippen molar-refractivity contribution in [2.75, 3.05) is 23.3 Å². The van der Waals surface area contributed by atoms with Crippen LogP contribution >= 0.6 is 0 Å². The number of ether oxygens (including phenoxy) is 1. The lowest BCUT2D eigenvalue weighted by Gasteiger charge is -2.36. The Morgan fingerprint density at radius 1 is 1.00 bits per heavy atom. The van der Waals surface area contributed by atoms with Crippen LogP contribution in [0.1, 0.15) is 29.8 Å². The number of morpholine rings is 1. The van der Waals surface area contributed by atoms with Crippen LogP contribution in [0.2, 0.25) is 0 Å². The second-order valence-electron chi connectivity index (χ2n) is 7.97. The van der Waals surface area contributed by atoms with Gasteiger partial charge in [-0.25, -0.2) is 4.98 Å². The summed E-state index contributed by atoms with van der Waals surface area (Å²) in [5.74, 6) is 0.753. The molecule has 2 aromatic carbocycles. The van der Waals surface area contributed by atoms with Crippen molar-refractivity contribution >= 4 is 17.4 Å². The number of hydrogen-bond acceptors (Lipinski definition) is 4. The molecule has 1 N–H and O–H groups in total. The first kappa shape index (κ1) is 20.1. The molecule has 1 saturated heterocycles. The van der Waals surface area contributed by atoms with Crippen LogP contribution in [0, 0.1) is 6.92 Å². The highest BCUT2D eigenvalue weighted by atomic mass is 16.5. The van der Waals surface area contributed by atoms with E-state index in [4.69, 9.17) is 4.74 Å². The molecular formula is C25H27N3O2. The molecule has 0 saturated carbocycles. The van der Waals surface area contributed by atoms with E-state index in [2.05, 4.69) is 60.2 Å². The van der Waals surface area contributed by atoms with E-state index in [0.717, 1.165) is 30.0 Å². The summed E-state index contributed by atoms with van der Waals surface area (Å²) in [5, 5.41) is 2.95. The van der Waals surface area contributed by atoms with Crippen molar-refractivity contribution in [3.05, 3.63) is 78.0 Å². The number of nitrogens with zero attached hydrogens (tertiary/aromatic N) is 2. The Morgan fingerprint density at radius 2 is 1.73 bits per heavy atom. The van der Waals surface area contributed by atoms with Crippen LogP contribution in [0.4, 0.5) is 11.5 Å². The molecule has 0 aliphatic carbocycles. The lowest BCUT2D eigenvalue weighted by atomic mass is 10.0. The summed E-state index contributed by atoms with van der Waals surface area (Å²) in [5.41, 5.74) is 4.62. The first-order valence-electron chi connectivity index (χ1n) is 10.3. The summed E-state index contributed by atoms with van der Waals surface area (Å²) in [7, 11) is 0. The molecule has 154 valence electrons. The first-order chi connectivity index (χ1) is 14.5. The minimum atomic E-state index is -0.146.